The number of hydrogen-bond donors (Lipinski definition) is 2. The molecule has 4 bridgehead atoms. The number of nitrogens with one attached hydrogen (secondary N) is 2. The van der Waals surface area contributed by atoms with Crippen molar-refractivity contribution in [2.24, 2.45) is 0 Å². The Bertz CT molecular complexity index is 1560. The molecule has 232 valence electrons. The van der Waals surface area contributed by atoms with E-state index in [1.165, 1.54) is 7.11 Å². The van der Waals surface area contributed by atoms with Crippen LogP contribution < -0.4 is 39.4 Å². The van der Waals surface area contributed by atoms with Crippen molar-refractivity contribution >= 4 is 23.6 Å². The zero-order chi connectivity index (χ0) is 30.8. The Morgan fingerprint density at radius 1 is 0.909 bits per heavy atom. The fraction of sp³-hybridized carbons (Fsp3) is 0.438. The minimum absolute atomic E-state index is 0.240. The highest BCUT2D eigenvalue weighted by molar-refractivity contribution is 5.95. The highest BCUT2D eigenvalue weighted by Gasteiger charge is 2.38. The second-order valence-electron chi connectivity index (χ2n) is 11.3. The Morgan fingerprint density at radius 2 is 1.70 bits per heavy atom. The first-order chi connectivity index (χ1) is 21.3. The molecular weight excluding hydrogens is 564 g/mol. The van der Waals surface area contributed by atoms with Crippen molar-refractivity contribution < 1.29 is 28.5 Å². The zero-order valence-electron chi connectivity index (χ0n) is 25.5. The van der Waals surface area contributed by atoms with Crippen molar-refractivity contribution in [1.29, 1.82) is 0 Å². The Morgan fingerprint density at radius 3 is 2.48 bits per heavy atom. The predicted molar refractivity (Wildman–Crippen MR) is 164 cm³/mol. The number of hydrogen-bond acceptors (Lipinski definition) is 10. The topological polar surface area (TPSA) is 127 Å². The molecule has 2 fully saturated rings. The van der Waals surface area contributed by atoms with Crippen LogP contribution in [0.2, 0.25) is 0 Å². The lowest BCUT2D eigenvalue weighted by atomic mass is 10.1. The van der Waals surface area contributed by atoms with Gasteiger partial charge in [0, 0.05) is 43.0 Å². The quantitative estimate of drug-likeness (QED) is 0.460. The van der Waals surface area contributed by atoms with E-state index in [4.69, 9.17) is 28.9 Å². The van der Waals surface area contributed by atoms with E-state index in [-0.39, 0.29) is 31.0 Å². The monoisotopic (exact) mass is 602 g/mol. The van der Waals surface area contributed by atoms with Gasteiger partial charge in [-0.3, -0.25) is 9.59 Å². The van der Waals surface area contributed by atoms with E-state index in [0.29, 0.717) is 41.7 Å². The molecule has 0 aliphatic carbocycles. The lowest BCUT2D eigenvalue weighted by Gasteiger charge is -2.24. The van der Waals surface area contributed by atoms with Gasteiger partial charge in [-0.1, -0.05) is 6.07 Å². The molecule has 4 aliphatic heterocycles. The standard InChI is InChI=1S/C32H38N6O6/c1-19-20(2)34-32(37-11-5-6-12-37)36-30(19)38-16-23-28(17-38)44-25-9-7-21(13-26(25)42-4)15-33-29(39)18-43-27-14-22(31(40)35-23)8-10-24(27)41-3/h7-10,13-14,23,28H,5-6,11-12,15-18H2,1-4H3,(H,33,39)(H,35,40)/t23-,28-/m0/s1. The first-order valence-electron chi connectivity index (χ1n) is 14.9. The number of amides is 2. The number of rotatable bonds is 4. The molecule has 0 spiro atoms. The van der Waals surface area contributed by atoms with Crippen molar-refractivity contribution in [2.75, 3.05) is 56.8 Å². The van der Waals surface area contributed by atoms with Gasteiger partial charge in [-0.15, -0.1) is 0 Å². The molecule has 2 N–H and O–H groups in total. The molecule has 2 saturated heterocycles. The summed E-state index contributed by atoms with van der Waals surface area (Å²) in [4.78, 5) is 40.4. The summed E-state index contributed by atoms with van der Waals surface area (Å²) in [5.74, 6) is 2.75. The van der Waals surface area contributed by atoms with E-state index >= 15 is 0 Å². The van der Waals surface area contributed by atoms with Crippen molar-refractivity contribution in [3.05, 3.63) is 58.8 Å². The highest BCUT2D eigenvalue weighted by Crippen LogP contribution is 2.34. The molecule has 2 aromatic carbocycles. The molecule has 44 heavy (non-hydrogen) atoms. The molecular formula is C32H38N6O6. The number of benzene rings is 2. The number of fused-ring (bicyclic) bond motifs is 7. The predicted octanol–water partition coefficient (Wildman–Crippen LogP) is 2.79. The Hall–Kier alpha value is -4.74. The third kappa shape index (κ3) is 6.01. The second kappa shape index (κ2) is 12.5. The van der Waals surface area contributed by atoms with Crippen molar-refractivity contribution in [2.45, 2.75) is 45.4 Å². The van der Waals surface area contributed by atoms with Crippen LogP contribution in [0, 0.1) is 13.8 Å². The summed E-state index contributed by atoms with van der Waals surface area (Å²) in [6, 6.07) is 10.1. The number of carbonyl (C=O) groups is 2. The smallest absolute Gasteiger partial charge is 0.258 e. The molecule has 12 heteroatoms. The molecule has 4 aliphatic rings. The number of aryl methyl sites for hydroxylation is 1. The molecule has 12 nitrogen and oxygen atoms in total. The number of methoxy groups -OCH3 is 2. The number of carbonyl (C=O) groups excluding carboxylic acids is 2. The molecule has 5 heterocycles. The van der Waals surface area contributed by atoms with Crippen LogP contribution in [0.4, 0.5) is 11.8 Å². The minimum Gasteiger partial charge on any atom is -0.493 e. The van der Waals surface area contributed by atoms with Crippen LogP contribution in [-0.4, -0.2) is 80.9 Å². The summed E-state index contributed by atoms with van der Waals surface area (Å²) in [6.45, 7) is 6.93. The average molecular weight is 603 g/mol. The average Bonchev–Trinajstić information content (AvgIpc) is 3.71. The Labute approximate surface area is 256 Å². The largest absolute Gasteiger partial charge is 0.493 e. The van der Waals surface area contributed by atoms with Gasteiger partial charge >= 0.3 is 0 Å². The number of aromatic nitrogens is 2. The van der Waals surface area contributed by atoms with E-state index < -0.39 is 6.10 Å². The van der Waals surface area contributed by atoms with Gasteiger partial charge in [-0.2, -0.15) is 4.98 Å². The van der Waals surface area contributed by atoms with Crippen molar-refractivity contribution in [3.8, 4) is 23.0 Å². The number of anilines is 2. The molecule has 0 unspecified atom stereocenters. The van der Waals surface area contributed by atoms with E-state index in [9.17, 15) is 9.59 Å². The van der Waals surface area contributed by atoms with Gasteiger partial charge in [0.15, 0.2) is 29.6 Å². The molecule has 2 amide bonds. The van der Waals surface area contributed by atoms with Gasteiger partial charge in [-0.25, -0.2) is 4.98 Å². The van der Waals surface area contributed by atoms with Crippen LogP contribution in [0.3, 0.4) is 0 Å². The molecule has 2 atom stereocenters. The summed E-state index contributed by atoms with van der Waals surface area (Å²) < 4.78 is 23.4. The second-order valence-corrected chi connectivity index (χ2v) is 11.3. The Balaban J connectivity index is 1.36. The van der Waals surface area contributed by atoms with Gasteiger partial charge in [0.25, 0.3) is 11.8 Å². The molecule has 3 aromatic rings. The zero-order valence-corrected chi connectivity index (χ0v) is 25.5. The summed E-state index contributed by atoms with van der Waals surface area (Å²) in [6.07, 6.45) is 1.84. The SMILES string of the molecule is COc1ccc2cc1OCC(=O)NCc1ccc(c(OC)c1)O[C@H]1CN(c3nc(N4CCCC4)nc(C)c3C)C[C@@H]1NC2=O. The van der Waals surface area contributed by atoms with Crippen molar-refractivity contribution in [1.82, 2.24) is 20.6 Å². The van der Waals surface area contributed by atoms with E-state index in [0.717, 1.165) is 54.5 Å². The summed E-state index contributed by atoms with van der Waals surface area (Å²) in [7, 11) is 3.09. The van der Waals surface area contributed by atoms with Crippen LogP contribution in [0.15, 0.2) is 36.4 Å². The maximum absolute atomic E-state index is 13.7. The normalized spacial score (nSPS) is 20.3. The number of ether oxygens (including phenoxy) is 4. The fourth-order valence-corrected chi connectivity index (χ4v) is 5.83. The van der Waals surface area contributed by atoms with E-state index in [2.05, 4.69) is 20.4 Å². The molecule has 1 aromatic heterocycles. The minimum atomic E-state index is -0.423. The highest BCUT2D eigenvalue weighted by atomic mass is 16.5. The van der Waals surface area contributed by atoms with Crippen LogP contribution in [0.5, 0.6) is 23.0 Å². The lowest BCUT2D eigenvalue weighted by Crippen LogP contribution is -2.45. The van der Waals surface area contributed by atoms with Gasteiger partial charge in [0.05, 0.1) is 26.8 Å². The Kier molecular flexibility index (Phi) is 8.32. The molecule has 7 rings (SSSR count). The first-order valence-corrected chi connectivity index (χ1v) is 14.9. The third-order valence-electron chi connectivity index (χ3n) is 8.40. The summed E-state index contributed by atoms with van der Waals surface area (Å²) in [5, 5.41) is 6.04. The fourth-order valence-electron chi connectivity index (χ4n) is 5.83. The van der Waals surface area contributed by atoms with Crippen molar-refractivity contribution in [3.63, 3.8) is 0 Å². The van der Waals surface area contributed by atoms with Crippen LogP contribution in [-0.2, 0) is 11.3 Å². The van der Waals surface area contributed by atoms with Gasteiger partial charge in [0.1, 0.15) is 11.9 Å². The number of nitrogens with zero attached hydrogens (tertiary/aromatic N) is 4. The lowest BCUT2D eigenvalue weighted by molar-refractivity contribution is -0.123. The van der Waals surface area contributed by atoms with E-state index in [1.807, 2.05) is 32.0 Å². The summed E-state index contributed by atoms with van der Waals surface area (Å²) >= 11 is 0. The molecule has 0 radical (unpaired) electrons. The van der Waals surface area contributed by atoms with Gasteiger partial charge < -0.3 is 39.4 Å². The van der Waals surface area contributed by atoms with Gasteiger partial charge in [-0.05, 0) is 62.6 Å². The van der Waals surface area contributed by atoms with Crippen LogP contribution in [0.25, 0.3) is 0 Å². The first kappa shape index (κ1) is 29.3. The van der Waals surface area contributed by atoms with E-state index in [1.54, 1.807) is 25.3 Å². The van der Waals surface area contributed by atoms with Gasteiger partial charge in [0.2, 0.25) is 5.95 Å². The maximum atomic E-state index is 13.7. The third-order valence-corrected chi connectivity index (χ3v) is 8.40. The maximum Gasteiger partial charge on any atom is 0.258 e. The van der Waals surface area contributed by atoms with Crippen LogP contribution in [0.1, 0.15) is 40.0 Å². The summed E-state index contributed by atoms with van der Waals surface area (Å²) in [5.41, 5.74) is 3.13. The van der Waals surface area contributed by atoms with Crippen LogP contribution >= 0.6 is 0 Å². The molecule has 0 saturated carbocycles.